The predicted molar refractivity (Wildman–Crippen MR) is 84.8 cm³/mol. The smallest absolute Gasteiger partial charge is 0.193 e. The van der Waals surface area contributed by atoms with Gasteiger partial charge in [-0.15, -0.1) is 0 Å². The van der Waals surface area contributed by atoms with Crippen molar-refractivity contribution in [1.29, 1.82) is 0 Å². The Morgan fingerprint density at radius 1 is 1.24 bits per heavy atom. The van der Waals surface area contributed by atoms with Gasteiger partial charge in [-0.25, -0.2) is 4.99 Å². The number of aromatic hydroxyl groups is 1. The maximum Gasteiger partial charge on any atom is 0.193 e. The molecule has 0 unspecified atom stereocenters. The summed E-state index contributed by atoms with van der Waals surface area (Å²) in [5, 5.41) is 12.7. The number of phenolic OH excluding ortho intramolecular Hbond substituents is 1. The first-order valence-electron chi connectivity index (χ1n) is 6.58. The van der Waals surface area contributed by atoms with Crippen molar-refractivity contribution in [3.63, 3.8) is 0 Å². The molecular weight excluding hydrogens is 266 g/mol. The average molecular weight is 285 g/mol. The van der Waals surface area contributed by atoms with Crippen LogP contribution in [0.5, 0.6) is 11.5 Å². The number of ether oxygens (including phenoxy) is 1. The van der Waals surface area contributed by atoms with E-state index in [-0.39, 0.29) is 5.75 Å². The van der Waals surface area contributed by atoms with Crippen LogP contribution in [-0.2, 0) is 6.54 Å². The lowest BCUT2D eigenvalue weighted by Crippen LogP contribution is -2.22. The molecule has 21 heavy (non-hydrogen) atoms. The second kappa shape index (κ2) is 6.65. The van der Waals surface area contributed by atoms with E-state index in [4.69, 9.17) is 10.5 Å². The SMILES string of the molecule is COc1ccc(CN=C(N)Nc2ccc(C)cc2)cc1O. The van der Waals surface area contributed by atoms with E-state index in [2.05, 4.69) is 10.3 Å². The Kier molecular flexibility index (Phi) is 4.66. The lowest BCUT2D eigenvalue weighted by Gasteiger charge is -2.07. The Balaban J connectivity index is 1.99. The Morgan fingerprint density at radius 3 is 2.57 bits per heavy atom. The van der Waals surface area contributed by atoms with Crippen LogP contribution in [0.2, 0.25) is 0 Å². The summed E-state index contributed by atoms with van der Waals surface area (Å²) < 4.78 is 4.99. The van der Waals surface area contributed by atoms with Crippen molar-refractivity contribution >= 4 is 11.6 Å². The van der Waals surface area contributed by atoms with Crippen LogP contribution >= 0.6 is 0 Å². The molecule has 0 fully saturated rings. The molecule has 0 atom stereocenters. The van der Waals surface area contributed by atoms with Crippen LogP contribution in [0.25, 0.3) is 0 Å². The number of nitrogens with two attached hydrogens (primary N) is 1. The number of aliphatic imine (C=N–C) groups is 1. The van der Waals surface area contributed by atoms with Crippen molar-refractivity contribution in [2.75, 3.05) is 12.4 Å². The first-order chi connectivity index (χ1) is 10.1. The molecule has 0 amide bonds. The average Bonchev–Trinajstić information content (AvgIpc) is 2.48. The molecule has 0 saturated heterocycles. The van der Waals surface area contributed by atoms with E-state index < -0.39 is 0 Å². The number of hydrogen-bond acceptors (Lipinski definition) is 3. The summed E-state index contributed by atoms with van der Waals surface area (Å²) in [6.45, 7) is 2.40. The quantitative estimate of drug-likeness (QED) is 0.596. The molecule has 0 spiro atoms. The maximum absolute atomic E-state index is 9.70. The van der Waals surface area contributed by atoms with Crippen molar-refractivity contribution in [3.8, 4) is 11.5 Å². The highest BCUT2D eigenvalue weighted by Gasteiger charge is 2.02. The normalized spacial score (nSPS) is 11.2. The molecule has 0 bridgehead atoms. The molecule has 0 aliphatic carbocycles. The topological polar surface area (TPSA) is 79.9 Å². The molecule has 2 aromatic rings. The van der Waals surface area contributed by atoms with Crippen molar-refractivity contribution in [2.24, 2.45) is 10.7 Å². The Labute approximate surface area is 124 Å². The van der Waals surface area contributed by atoms with Crippen LogP contribution in [0.4, 0.5) is 5.69 Å². The zero-order valence-electron chi connectivity index (χ0n) is 12.1. The molecule has 0 saturated carbocycles. The third kappa shape index (κ3) is 4.14. The Bertz CT molecular complexity index is 636. The fourth-order valence-electron chi connectivity index (χ4n) is 1.83. The van der Waals surface area contributed by atoms with Gasteiger partial charge in [-0.2, -0.15) is 0 Å². The fraction of sp³-hybridized carbons (Fsp3) is 0.188. The summed E-state index contributed by atoms with van der Waals surface area (Å²) in [5.41, 5.74) is 8.76. The lowest BCUT2D eigenvalue weighted by molar-refractivity contribution is 0.373. The third-order valence-corrected chi connectivity index (χ3v) is 3.00. The van der Waals surface area contributed by atoms with Crippen LogP contribution in [0.15, 0.2) is 47.5 Å². The number of rotatable bonds is 4. The summed E-state index contributed by atoms with van der Waals surface area (Å²) in [5.74, 6) is 0.859. The van der Waals surface area contributed by atoms with Crippen LogP contribution in [-0.4, -0.2) is 18.2 Å². The maximum atomic E-state index is 9.70. The molecule has 0 radical (unpaired) electrons. The first-order valence-corrected chi connectivity index (χ1v) is 6.58. The van der Waals surface area contributed by atoms with Crippen LogP contribution < -0.4 is 15.8 Å². The predicted octanol–water partition coefficient (Wildman–Crippen LogP) is 2.64. The summed E-state index contributed by atoms with van der Waals surface area (Å²) in [6, 6.07) is 13.0. The number of methoxy groups -OCH3 is 1. The molecule has 0 aliphatic heterocycles. The Hall–Kier alpha value is -2.69. The molecule has 0 aliphatic rings. The van der Waals surface area contributed by atoms with E-state index in [1.165, 1.54) is 12.7 Å². The zero-order chi connectivity index (χ0) is 15.2. The van der Waals surface area contributed by atoms with Crippen molar-refractivity contribution in [3.05, 3.63) is 53.6 Å². The van der Waals surface area contributed by atoms with Gasteiger partial charge in [0, 0.05) is 5.69 Å². The summed E-state index contributed by atoms with van der Waals surface area (Å²) in [7, 11) is 1.51. The molecule has 5 heteroatoms. The highest BCUT2D eigenvalue weighted by atomic mass is 16.5. The monoisotopic (exact) mass is 285 g/mol. The second-order valence-corrected chi connectivity index (χ2v) is 4.70. The number of phenols is 1. The number of hydrogen-bond donors (Lipinski definition) is 3. The third-order valence-electron chi connectivity index (χ3n) is 3.00. The van der Waals surface area contributed by atoms with Gasteiger partial charge in [-0.1, -0.05) is 23.8 Å². The van der Waals surface area contributed by atoms with Gasteiger partial charge in [0.15, 0.2) is 17.5 Å². The molecule has 5 nitrogen and oxygen atoms in total. The fourth-order valence-corrected chi connectivity index (χ4v) is 1.83. The Morgan fingerprint density at radius 2 is 1.95 bits per heavy atom. The van der Waals surface area contributed by atoms with Gasteiger partial charge < -0.3 is 20.9 Å². The molecule has 2 rings (SSSR count). The van der Waals surface area contributed by atoms with Crippen LogP contribution in [0.1, 0.15) is 11.1 Å². The van der Waals surface area contributed by atoms with Gasteiger partial charge in [-0.05, 0) is 36.8 Å². The molecule has 0 heterocycles. The van der Waals surface area contributed by atoms with E-state index in [0.29, 0.717) is 18.3 Å². The van der Waals surface area contributed by atoms with Gasteiger partial charge in [0.25, 0.3) is 0 Å². The van der Waals surface area contributed by atoms with Crippen molar-refractivity contribution in [2.45, 2.75) is 13.5 Å². The number of guanidine groups is 1. The lowest BCUT2D eigenvalue weighted by atomic mass is 10.2. The molecule has 2 aromatic carbocycles. The number of aryl methyl sites for hydroxylation is 1. The van der Waals surface area contributed by atoms with E-state index in [9.17, 15) is 5.11 Å². The van der Waals surface area contributed by atoms with E-state index >= 15 is 0 Å². The first kappa shape index (κ1) is 14.7. The minimum atomic E-state index is 0.0928. The van der Waals surface area contributed by atoms with Gasteiger partial charge in [0.2, 0.25) is 0 Å². The highest BCUT2D eigenvalue weighted by molar-refractivity contribution is 5.92. The van der Waals surface area contributed by atoms with Crippen molar-refractivity contribution in [1.82, 2.24) is 0 Å². The number of nitrogens with one attached hydrogen (secondary N) is 1. The van der Waals surface area contributed by atoms with Crippen LogP contribution in [0.3, 0.4) is 0 Å². The molecule has 0 aromatic heterocycles. The standard InChI is InChI=1S/C16H19N3O2/c1-11-3-6-13(7-4-11)19-16(17)18-10-12-5-8-15(21-2)14(20)9-12/h3-9,20H,10H2,1-2H3,(H3,17,18,19). The van der Waals surface area contributed by atoms with E-state index in [0.717, 1.165) is 11.3 Å². The second-order valence-electron chi connectivity index (χ2n) is 4.70. The van der Waals surface area contributed by atoms with Crippen molar-refractivity contribution < 1.29 is 9.84 Å². The number of benzene rings is 2. The van der Waals surface area contributed by atoms with E-state index in [1.807, 2.05) is 37.3 Å². The minimum Gasteiger partial charge on any atom is -0.504 e. The summed E-state index contributed by atoms with van der Waals surface area (Å²) in [4.78, 5) is 4.24. The van der Waals surface area contributed by atoms with Gasteiger partial charge in [0.05, 0.1) is 13.7 Å². The van der Waals surface area contributed by atoms with E-state index in [1.54, 1.807) is 12.1 Å². The highest BCUT2D eigenvalue weighted by Crippen LogP contribution is 2.26. The van der Waals surface area contributed by atoms with Gasteiger partial charge >= 0.3 is 0 Å². The number of nitrogens with zero attached hydrogens (tertiary/aromatic N) is 1. The van der Waals surface area contributed by atoms with Crippen LogP contribution in [0, 0.1) is 6.92 Å². The summed E-state index contributed by atoms with van der Waals surface area (Å²) >= 11 is 0. The number of anilines is 1. The summed E-state index contributed by atoms with van der Waals surface area (Å²) in [6.07, 6.45) is 0. The molecule has 110 valence electrons. The largest absolute Gasteiger partial charge is 0.504 e. The minimum absolute atomic E-state index is 0.0928. The zero-order valence-corrected chi connectivity index (χ0v) is 12.1. The molecule has 4 N–H and O–H groups in total. The van der Waals surface area contributed by atoms with Gasteiger partial charge in [0.1, 0.15) is 0 Å². The molecular formula is C16H19N3O2. The van der Waals surface area contributed by atoms with Gasteiger partial charge in [-0.3, -0.25) is 0 Å².